The number of hydrogen-bond acceptors (Lipinski definition) is 8. The Bertz CT molecular complexity index is 1080. The fraction of sp³-hybridized carbons (Fsp3) is 0.517. The van der Waals surface area contributed by atoms with Gasteiger partial charge < -0.3 is 24.3 Å². The zero-order valence-corrected chi connectivity index (χ0v) is 23.4. The Kier molecular flexibility index (Phi) is 11.7. The molecule has 9 nitrogen and oxygen atoms in total. The van der Waals surface area contributed by atoms with Gasteiger partial charge in [-0.3, -0.25) is 19.2 Å². The molecule has 0 aromatic carbocycles. The van der Waals surface area contributed by atoms with Crippen molar-refractivity contribution in [1.82, 2.24) is 5.32 Å². The molecule has 0 aromatic rings. The van der Waals surface area contributed by atoms with Gasteiger partial charge >= 0.3 is 0 Å². The van der Waals surface area contributed by atoms with Crippen LogP contribution in [-0.2, 0) is 38.1 Å². The molecule has 1 aliphatic heterocycles. The van der Waals surface area contributed by atoms with Gasteiger partial charge in [-0.05, 0) is 43.9 Å². The first-order chi connectivity index (χ1) is 18.0. The summed E-state index contributed by atoms with van der Waals surface area (Å²) < 4.78 is 22.6. The normalized spacial score (nSPS) is 33.9. The van der Waals surface area contributed by atoms with Gasteiger partial charge in [-0.1, -0.05) is 32.1 Å². The molecule has 0 saturated carbocycles. The van der Waals surface area contributed by atoms with Crippen molar-refractivity contribution >= 4 is 23.3 Å². The van der Waals surface area contributed by atoms with E-state index < -0.39 is 41.9 Å². The molecule has 1 amide bonds. The maximum atomic E-state index is 13.3. The zero-order valence-electron chi connectivity index (χ0n) is 23.4. The number of amides is 1. The van der Waals surface area contributed by atoms with Crippen molar-refractivity contribution in [3.05, 3.63) is 58.9 Å². The molecule has 2 rings (SSSR count). The summed E-state index contributed by atoms with van der Waals surface area (Å²) in [7, 11) is 6.04. The van der Waals surface area contributed by atoms with Crippen LogP contribution < -0.4 is 5.32 Å². The molecule has 0 unspecified atom stereocenters. The highest BCUT2D eigenvalue weighted by atomic mass is 16.5. The van der Waals surface area contributed by atoms with Gasteiger partial charge in [0.05, 0.1) is 24.0 Å². The van der Waals surface area contributed by atoms with Crippen LogP contribution in [0.2, 0.25) is 0 Å². The van der Waals surface area contributed by atoms with Crippen molar-refractivity contribution in [3.63, 3.8) is 0 Å². The number of methoxy groups -OCH3 is 4. The van der Waals surface area contributed by atoms with E-state index >= 15 is 0 Å². The molecule has 6 atom stereocenters. The highest BCUT2D eigenvalue weighted by molar-refractivity contribution is 6.22. The first-order valence-corrected chi connectivity index (χ1v) is 12.5. The van der Waals surface area contributed by atoms with Crippen LogP contribution in [0.15, 0.2) is 58.9 Å². The number of Topliss-reactive ketones (excluding diaryl/α,β-unsaturated/α-hetero) is 2. The number of ketones is 3. The Morgan fingerprint density at radius 1 is 0.868 bits per heavy atom. The SMILES string of the molecule is CO[C@H]1[C@@H](OC)C[C@H](C)[C@@H](OC)C2=CC(=O)C=C(NC(=O)/C(C)=C/C=C\[C@H](OC)C(=O)/C(C)=C/[C@@H]1C)C2=O. The van der Waals surface area contributed by atoms with Gasteiger partial charge in [0.2, 0.25) is 5.78 Å². The topological polar surface area (TPSA) is 117 Å². The minimum absolute atomic E-state index is 0.127. The van der Waals surface area contributed by atoms with E-state index in [1.807, 2.05) is 19.9 Å². The number of hydrogen-bond donors (Lipinski definition) is 1. The molecule has 2 bridgehead atoms. The first-order valence-electron chi connectivity index (χ1n) is 12.5. The second-order valence-corrected chi connectivity index (χ2v) is 9.65. The molecule has 1 heterocycles. The summed E-state index contributed by atoms with van der Waals surface area (Å²) >= 11 is 0. The Labute approximate surface area is 224 Å². The lowest BCUT2D eigenvalue weighted by Crippen LogP contribution is -2.40. The predicted molar refractivity (Wildman–Crippen MR) is 142 cm³/mol. The molecular formula is C29H39NO8. The summed E-state index contributed by atoms with van der Waals surface area (Å²) in [5.41, 5.74) is 0.795. The van der Waals surface area contributed by atoms with E-state index in [0.717, 1.165) is 6.08 Å². The second kappa shape index (κ2) is 14.2. The van der Waals surface area contributed by atoms with Gasteiger partial charge in [-0.25, -0.2) is 0 Å². The van der Waals surface area contributed by atoms with Crippen molar-refractivity contribution in [2.24, 2.45) is 11.8 Å². The summed E-state index contributed by atoms with van der Waals surface area (Å²) in [4.78, 5) is 51.7. The molecule has 1 aliphatic carbocycles. The number of nitrogens with one attached hydrogen (secondary N) is 1. The van der Waals surface area contributed by atoms with Gasteiger partial charge in [0.1, 0.15) is 6.10 Å². The monoisotopic (exact) mass is 529 g/mol. The van der Waals surface area contributed by atoms with Crippen molar-refractivity contribution in [2.45, 2.75) is 58.5 Å². The number of allylic oxidation sites excluding steroid dienone is 5. The van der Waals surface area contributed by atoms with E-state index in [0.29, 0.717) is 12.0 Å². The molecule has 0 radical (unpaired) electrons. The lowest BCUT2D eigenvalue weighted by molar-refractivity contribution is -0.122. The summed E-state index contributed by atoms with van der Waals surface area (Å²) in [5.74, 6) is -2.18. The standard InChI is InChI=1S/C29H39NO8/c1-16-10-9-11-23(35-5)25(32)17(2)12-18(3)28(38-8)24(36-6)13-19(4)27(37-7)21-14-20(31)15-22(26(21)33)30-29(16)34/h9-12,14-15,18-19,23-24,27-28H,13H2,1-8H3,(H,30,34)/b11-9-,16-10+,17-12+/t18-,19-,23-,24-,27+,28+/m0/s1. The van der Waals surface area contributed by atoms with Gasteiger partial charge in [-0.2, -0.15) is 0 Å². The summed E-state index contributed by atoms with van der Waals surface area (Å²) in [5, 5.41) is 2.54. The molecular weight excluding hydrogens is 490 g/mol. The van der Waals surface area contributed by atoms with Crippen LogP contribution in [0.25, 0.3) is 0 Å². The molecule has 0 saturated heterocycles. The number of carbonyl (C=O) groups is 4. The summed E-state index contributed by atoms with van der Waals surface area (Å²) in [6, 6.07) is 0. The molecule has 208 valence electrons. The van der Waals surface area contributed by atoms with Crippen molar-refractivity contribution in [3.8, 4) is 0 Å². The second-order valence-electron chi connectivity index (χ2n) is 9.65. The maximum Gasteiger partial charge on any atom is 0.251 e. The fourth-order valence-corrected chi connectivity index (χ4v) is 4.82. The van der Waals surface area contributed by atoms with Crippen LogP contribution in [-0.4, -0.2) is 76.1 Å². The van der Waals surface area contributed by atoms with Gasteiger partial charge in [0, 0.05) is 51.6 Å². The van der Waals surface area contributed by atoms with Crippen molar-refractivity contribution in [1.29, 1.82) is 0 Å². The Balaban J connectivity index is 2.59. The predicted octanol–water partition coefficient (Wildman–Crippen LogP) is 2.82. The van der Waals surface area contributed by atoms with E-state index in [-0.39, 0.29) is 34.5 Å². The zero-order chi connectivity index (χ0) is 28.6. The van der Waals surface area contributed by atoms with Crippen LogP contribution in [0.3, 0.4) is 0 Å². The third-order valence-corrected chi connectivity index (χ3v) is 6.88. The largest absolute Gasteiger partial charge is 0.379 e. The first kappa shape index (κ1) is 31.2. The highest BCUT2D eigenvalue weighted by Crippen LogP contribution is 2.29. The third kappa shape index (κ3) is 7.54. The van der Waals surface area contributed by atoms with E-state index in [1.165, 1.54) is 26.4 Å². The quantitative estimate of drug-likeness (QED) is 0.553. The molecule has 9 heteroatoms. The van der Waals surface area contributed by atoms with Gasteiger partial charge in [0.15, 0.2) is 11.6 Å². The van der Waals surface area contributed by atoms with E-state index in [2.05, 4.69) is 5.32 Å². The summed E-state index contributed by atoms with van der Waals surface area (Å²) in [6.45, 7) is 7.10. The fourth-order valence-electron chi connectivity index (χ4n) is 4.82. The minimum atomic E-state index is -0.859. The molecule has 0 spiro atoms. The van der Waals surface area contributed by atoms with Gasteiger partial charge in [0.25, 0.3) is 5.91 Å². The Morgan fingerprint density at radius 3 is 2.13 bits per heavy atom. The number of fused-ring (bicyclic) bond motifs is 2. The molecule has 2 aliphatic rings. The number of ether oxygens (including phenoxy) is 4. The highest BCUT2D eigenvalue weighted by Gasteiger charge is 2.36. The van der Waals surface area contributed by atoms with Crippen LogP contribution in [0, 0.1) is 11.8 Å². The lowest BCUT2D eigenvalue weighted by atomic mass is 9.84. The van der Waals surface area contributed by atoms with Gasteiger partial charge in [-0.15, -0.1) is 0 Å². The lowest BCUT2D eigenvalue weighted by Gasteiger charge is -2.33. The molecule has 1 N–H and O–H groups in total. The number of carbonyl (C=O) groups excluding carboxylic acids is 4. The average Bonchev–Trinajstić information content (AvgIpc) is 2.88. The summed E-state index contributed by atoms with van der Waals surface area (Å²) in [6.07, 6.45) is 6.75. The van der Waals surface area contributed by atoms with E-state index in [9.17, 15) is 19.2 Å². The van der Waals surface area contributed by atoms with Crippen LogP contribution >= 0.6 is 0 Å². The van der Waals surface area contributed by atoms with Crippen molar-refractivity contribution < 1.29 is 38.1 Å². The number of rotatable bonds is 4. The van der Waals surface area contributed by atoms with E-state index in [4.69, 9.17) is 18.9 Å². The molecule has 38 heavy (non-hydrogen) atoms. The third-order valence-electron chi connectivity index (χ3n) is 6.88. The molecule has 0 fully saturated rings. The van der Waals surface area contributed by atoms with Crippen LogP contribution in [0.4, 0.5) is 0 Å². The van der Waals surface area contributed by atoms with Crippen LogP contribution in [0.1, 0.15) is 34.1 Å². The minimum Gasteiger partial charge on any atom is -0.379 e. The van der Waals surface area contributed by atoms with Crippen molar-refractivity contribution in [2.75, 3.05) is 28.4 Å². The van der Waals surface area contributed by atoms with Crippen LogP contribution in [0.5, 0.6) is 0 Å². The smallest absolute Gasteiger partial charge is 0.251 e. The molecule has 0 aromatic heterocycles. The average molecular weight is 530 g/mol. The Hall–Kier alpha value is -2.98. The Morgan fingerprint density at radius 2 is 1.55 bits per heavy atom. The maximum absolute atomic E-state index is 13.3. The van der Waals surface area contributed by atoms with E-state index in [1.54, 1.807) is 40.2 Å².